The van der Waals surface area contributed by atoms with E-state index >= 15 is 0 Å². The fourth-order valence-corrected chi connectivity index (χ4v) is 2.68. The molecule has 0 aliphatic rings. The van der Waals surface area contributed by atoms with Crippen LogP contribution in [0.25, 0.3) is 10.8 Å². The lowest BCUT2D eigenvalue weighted by Crippen LogP contribution is -2.39. The molecule has 0 unspecified atom stereocenters. The summed E-state index contributed by atoms with van der Waals surface area (Å²) in [7, 11) is 4.52. The monoisotopic (exact) mass is 240 g/mol. The lowest BCUT2D eigenvalue weighted by atomic mass is 10.0. The van der Waals surface area contributed by atoms with E-state index in [0.717, 1.165) is 17.6 Å². The maximum absolute atomic E-state index is 4.03. The predicted octanol–water partition coefficient (Wildman–Crippen LogP) is 3.99. The zero-order chi connectivity index (χ0) is 13.2. The minimum Gasteiger partial charge on any atom is -0.321 e. The fraction of sp³-hybridized carbons (Fsp3) is 0.294. The maximum Gasteiger partial charge on any atom is 0.105 e. The largest absolute Gasteiger partial charge is 0.321 e. The van der Waals surface area contributed by atoms with Crippen molar-refractivity contribution in [2.24, 2.45) is 0 Å². The molecule has 2 rings (SSSR count). The van der Waals surface area contributed by atoms with Gasteiger partial charge >= 0.3 is 0 Å². The molecule has 0 atom stereocenters. The smallest absolute Gasteiger partial charge is 0.105 e. The van der Waals surface area contributed by atoms with Gasteiger partial charge in [0.05, 0.1) is 20.6 Å². The second-order valence-electron chi connectivity index (χ2n) is 5.85. The van der Waals surface area contributed by atoms with Crippen LogP contribution in [0, 0.1) is 0 Å². The summed E-state index contributed by atoms with van der Waals surface area (Å²) in [5, 5.41) is 2.69. The Bertz CT molecular complexity index is 561. The highest BCUT2D eigenvalue weighted by atomic mass is 15.3. The molecule has 1 heteroatoms. The van der Waals surface area contributed by atoms with Crippen LogP contribution < -0.4 is 0 Å². The maximum atomic E-state index is 4.03. The Kier molecular flexibility index (Phi) is 3.53. The molecule has 0 heterocycles. The molecule has 0 saturated carbocycles. The Balaban J connectivity index is 2.34. The lowest BCUT2D eigenvalue weighted by molar-refractivity contribution is -0.898. The van der Waals surface area contributed by atoms with E-state index in [4.69, 9.17) is 0 Å². The molecule has 18 heavy (non-hydrogen) atoms. The van der Waals surface area contributed by atoms with Crippen molar-refractivity contribution >= 4 is 10.8 Å². The third-order valence-corrected chi connectivity index (χ3v) is 3.18. The van der Waals surface area contributed by atoms with Gasteiger partial charge in [-0.05, 0) is 23.3 Å². The Hall–Kier alpha value is -1.60. The van der Waals surface area contributed by atoms with Crippen molar-refractivity contribution in [1.29, 1.82) is 0 Å². The normalized spacial score (nSPS) is 11.7. The zero-order valence-corrected chi connectivity index (χ0v) is 11.6. The zero-order valence-electron chi connectivity index (χ0n) is 11.6. The predicted molar refractivity (Wildman–Crippen MR) is 79.4 cm³/mol. The molecule has 0 saturated heterocycles. The van der Waals surface area contributed by atoms with E-state index in [1.807, 2.05) is 0 Å². The number of quaternary nitrogens is 1. The summed E-state index contributed by atoms with van der Waals surface area (Å²) >= 11 is 0. The second kappa shape index (κ2) is 4.95. The third-order valence-electron chi connectivity index (χ3n) is 3.18. The summed E-state index contributed by atoms with van der Waals surface area (Å²) in [5.74, 6) is 0. The van der Waals surface area contributed by atoms with Crippen molar-refractivity contribution in [2.75, 3.05) is 20.6 Å². The molecule has 0 aliphatic carbocycles. The Labute approximate surface area is 110 Å². The number of hydrogen-bond acceptors (Lipinski definition) is 0. The second-order valence-corrected chi connectivity index (χ2v) is 5.85. The molecule has 94 valence electrons. The molecule has 0 fully saturated rings. The van der Waals surface area contributed by atoms with Crippen LogP contribution in [0.3, 0.4) is 0 Å². The number of likely N-dealkylation sites (N-methyl/N-ethyl adjacent to an activating group) is 1. The summed E-state index contributed by atoms with van der Waals surface area (Å²) in [6.07, 6.45) is 0. The SMILES string of the molecule is C=C(C)C[N+](C)(C)Cc1cccc2ccccc12. The number of nitrogens with zero attached hydrogens (tertiary/aromatic N) is 1. The first-order valence-corrected chi connectivity index (χ1v) is 6.41. The fourth-order valence-electron chi connectivity index (χ4n) is 2.68. The van der Waals surface area contributed by atoms with Crippen LogP contribution in [-0.2, 0) is 6.54 Å². The number of hydrogen-bond donors (Lipinski definition) is 0. The summed E-state index contributed by atoms with van der Waals surface area (Å²) in [4.78, 5) is 0. The summed E-state index contributed by atoms with van der Waals surface area (Å²) < 4.78 is 0.948. The van der Waals surface area contributed by atoms with Gasteiger partial charge in [0.1, 0.15) is 6.54 Å². The van der Waals surface area contributed by atoms with E-state index in [1.54, 1.807) is 0 Å². The van der Waals surface area contributed by atoms with E-state index in [0.29, 0.717) is 0 Å². The number of rotatable bonds is 4. The minimum absolute atomic E-state index is 0.948. The van der Waals surface area contributed by atoms with Gasteiger partial charge in [-0.15, -0.1) is 0 Å². The molecular weight excluding hydrogens is 218 g/mol. The van der Waals surface area contributed by atoms with Gasteiger partial charge in [0.15, 0.2) is 0 Å². The molecule has 2 aromatic rings. The number of benzene rings is 2. The molecular formula is C17H22N+. The Morgan fingerprint density at radius 1 is 1.06 bits per heavy atom. The van der Waals surface area contributed by atoms with E-state index in [2.05, 4.69) is 70.1 Å². The quantitative estimate of drug-likeness (QED) is 0.560. The van der Waals surface area contributed by atoms with Gasteiger partial charge in [-0.1, -0.05) is 49.0 Å². The summed E-state index contributed by atoms with van der Waals surface area (Å²) in [6, 6.07) is 15.2. The van der Waals surface area contributed by atoms with Crippen LogP contribution in [0.15, 0.2) is 54.6 Å². The first-order chi connectivity index (χ1) is 8.48. The van der Waals surface area contributed by atoms with E-state index in [9.17, 15) is 0 Å². The van der Waals surface area contributed by atoms with Gasteiger partial charge in [-0.25, -0.2) is 0 Å². The molecule has 0 spiro atoms. The standard InChI is InChI=1S/C17H22N/c1-14(2)12-18(3,4)13-16-10-7-9-15-8-5-6-11-17(15)16/h5-11H,1,12-13H2,2-4H3/q+1. The van der Waals surface area contributed by atoms with E-state index in [1.165, 1.54) is 21.9 Å². The first-order valence-electron chi connectivity index (χ1n) is 6.41. The van der Waals surface area contributed by atoms with Crippen molar-refractivity contribution in [3.05, 3.63) is 60.2 Å². The Morgan fingerprint density at radius 3 is 2.44 bits per heavy atom. The molecule has 2 aromatic carbocycles. The summed E-state index contributed by atoms with van der Waals surface area (Å²) in [5.41, 5.74) is 2.65. The van der Waals surface area contributed by atoms with Gasteiger partial charge in [-0.2, -0.15) is 0 Å². The van der Waals surface area contributed by atoms with Crippen molar-refractivity contribution in [1.82, 2.24) is 0 Å². The van der Waals surface area contributed by atoms with Crippen molar-refractivity contribution < 1.29 is 4.48 Å². The van der Waals surface area contributed by atoms with Crippen LogP contribution in [0.4, 0.5) is 0 Å². The van der Waals surface area contributed by atoms with Gasteiger partial charge in [-0.3, -0.25) is 0 Å². The highest BCUT2D eigenvalue weighted by molar-refractivity contribution is 5.85. The van der Waals surface area contributed by atoms with Crippen molar-refractivity contribution in [3.8, 4) is 0 Å². The molecule has 0 aliphatic heterocycles. The van der Waals surface area contributed by atoms with E-state index < -0.39 is 0 Å². The van der Waals surface area contributed by atoms with Gasteiger partial charge in [0.2, 0.25) is 0 Å². The number of fused-ring (bicyclic) bond motifs is 1. The molecule has 0 bridgehead atoms. The molecule has 0 amide bonds. The van der Waals surface area contributed by atoms with Crippen LogP contribution in [0.5, 0.6) is 0 Å². The van der Waals surface area contributed by atoms with Crippen molar-refractivity contribution in [2.45, 2.75) is 13.5 Å². The molecule has 1 nitrogen and oxygen atoms in total. The van der Waals surface area contributed by atoms with Gasteiger partial charge in [0, 0.05) is 5.56 Å². The minimum atomic E-state index is 0.948. The summed E-state index contributed by atoms with van der Waals surface area (Å²) in [6.45, 7) is 8.18. The van der Waals surface area contributed by atoms with Crippen LogP contribution in [-0.4, -0.2) is 25.1 Å². The van der Waals surface area contributed by atoms with Crippen molar-refractivity contribution in [3.63, 3.8) is 0 Å². The van der Waals surface area contributed by atoms with Crippen LogP contribution >= 0.6 is 0 Å². The van der Waals surface area contributed by atoms with Crippen LogP contribution in [0.2, 0.25) is 0 Å². The van der Waals surface area contributed by atoms with Gasteiger partial charge in [0.25, 0.3) is 0 Å². The molecule has 0 aromatic heterocycles. The topological polar surface area (TPSA) is 0 Å². The highest BCUT2D eigenvalue weighted by Gasteiger charge is 2.17. The lowest BCUT2D eigenvalue weighted by Gasteiger charge is -2.30. The van der Waals surface area contributed by atoms with Gasteiger partial charge < -0.3 is 4.48 Å². The average Bonchev–Trinajstić information content (AvgIpc) is 2.27. The Morgan fingerprint density at radius 2 is 1.72 bits per heavy atom. The van der Waals surface area contributed by atoms with Crippen LogP contribution in [0.1, 0.15) is 12.5 Å². The molecule has 0 N–H and O–H groups in total. The highest BCUT2D eigenvalue weighted by Crippen LogP contribution is 2.21. The molecule has 0 radical (unpaired) electrons. The first kappa shape index (κ1) is 12.8. The average molecular weight is 240 g/mol. The van der Waals surface area contributed by atoms with E-state index in [-0.39, 0.29) is 0 Å². The third kappa shape index (κ3) is 2.99.